The van der Waals surface area contributed by atoms with Gasteiger partial charge >= 0.3 is 0 Å². The summed E-state index contributed by atoms with van der Waals surface area (Å²) in [6.07, 6.45) is 0.933. The number of ether oxygens (including phenoxy) is 3. The zero-order chi connectivity index (χ0) is 11.3. The van der Waals surface area contributed by atoms with Crippen molar-refractivity contribution in [2.45, 2.75) is 25.2 Å². The maximum atomic E-state index is 11.7. The van der Waals surface area contributed by atoms with Gasteiger partial charge in [-0.3, -0.25) is 0 Å². The molecule has 15 heavy (non-hydrogen) atoms. The molecule has 0 bridgehead atoms. The summed E-state index contributed by atoms with van der Waals surface area (Å²) in [4.78, 5) is 0. The molecule has 1 aliphatic rings. The Labute approximate surface area is 90.6 Å². The molecule has 1 atom stereocenters. The van der Waals surface area contributed by atoms with Crippen molar-refractivity contribution in [3.8, 4) is 0 Å². The van der Waals surface area contributed by atoms with Gasteiger partial charge in [-0.15, -0.1) is 0 Å². The van der Waals surface area contributed by atoms with Gasteiger partial charge in [-0.2, -0.15) is 0 Å². The van der Waals surface area contributed by atoms with Gasteiger partial charge < -0.3 is 14.2 Å². The summed E-state index contributed by atoms with van der Waals surface area (Å²) in [6.45, 7) is 0.665. The van der Waals surface area contributed by atoms with E-state index in [4.69, 9.17) is 14.2 Å². The Morgan fingerprint density at radius 3 is 2.53 bits per heavy atom. The van der Waals surface area contributed by atoms with Crippen LogP contribution in [0.5, 0.6) is 0 Å². The van der Waals surface area contributed by atoms with Crippen LogP contribution in [0, 0.1) is 0 Å². The molecule has 1 saturated heterocycles. The third-order valence-electron chi connectivity index (χ3n) is 2.38. The first-order valence-electron chi connectivity index (χ1n) is 4.95. The molecule has 0 aliphatic carbocycles. The number of hydrogen-bond acceptors (Lipinski definition) is 5. The molecule has 1 aliphatic heterocycles. The van der Waals surface area contributed by atoms with E-state index >= 15 is 0 Å². The number of sulfone groups is 1. The fraction of sp³-hybridized carbons (Fsp3) is 1.00. The van der Waals surface area contributed by atoms with Gasteiger partial charge in [0.05, 0.1) is 11.9 Å². The van der Waals surface area contributed by atoms with Crippen molar-refractivity contribution in [1.29, 1.82) is 0 Å². The lowest BCUT2D eigenvalue weighted by atomic mass is 10.3. The molecule has 0 N–H and O–H groups in total. The lowest BCUT2D eigenvalue weighted by Crippen LogP contribution is -2.30. The summed E-state index contributed by atoms with van der Waals surface area (Å²) >= 11 is 0. The highest BCUT2D eigenvalue weighted by Crippen LogP contribution is 2.15. The summed E-state index contributed by atoms with van der Waals surface area (Å²) in [5.74, 6) is -0.0456. The smallest absolute Gasteiger partial charge is 0.170 e. The van der Waals surface area contributed by atoms with Crippen molar-refractivity contribution in [3.63, 3.8) is 0 Å². The molecule has 0 saturated carbocycles. The Kier molecular flexibility index (Phi) is 4.98. The zero-order valence-corrected chi connectivity index (χ0v) is 9.96. The van der Waals surface area contributed by atoms with Crippen molar-refractivity contribution in [3.05, 3.63) is 0 Å². The SMILES string of the molecule is COC(CS(=O)(=O)CC1CCCO1)OC. The summed E-state index contributed by atoms with van der Waals surface area (Å²) in [7, 11) is -0.311. The molecule has 0 radical (unpaired) electrons. The zero-order valence-electron chi connectivity index (χ0n) is 9.14. The normalized spacial score (nSPS) is 22.5. The Bertz CT molecular complexity index is 254. The first kappa shape index (κ1) is 12.9. The van der Waals surface area contributed by atoms with Crippen LogP contribution < -0.4 is 0 Å². The van der Waals surface area contributed by atoms with E-state index in [9.17, 15) is 8.42 Å². The average molecular weight is 238 g/mol. The van der Waals surface area contributed by atoms with Gasteiger partial charge in [0.25, 0.3) is 0 Å². The fourth-order valence-corrected chi connectivity index (χ4v) is 3.22. The van der Waals surface area contributed by atoms with Crippen molar-refractivity contribution in [2.75, 3.05) is 32.3 Å². The molecule has 0 aromatic rings. The van der Waals surface area contributed by atoms with Crippen molar-refractivity contribution < 1.29 is 22.6 Å². The first-order valence-corrected chi connectivity index (χ1v) is 6.77. The monoisotopic (exact) mass is 238 g/mol. The van der Waals surface area contributed by atoms with Crippen LogP contribution in [-0.2, 0) is 24.0 Å². The van der Waals surface area contributed by atoms with E-state index in [2.05, 4.69) is 0 Å². The minimum Gasteiger partial charge on any atom is -0.377 e. The molecule has 5 nitrogen and oxygen atoms in total. The van der Waals surface area contributed by atoms with E-state index in [1.54, 1.807) is 0 Å². The largest absolute Gasteiger partial charge is 0.377 e. The summed E-state index contributed by atoms with van der Waals surface area (Å²) in [5.41, 5.74) is 0. The maximum absolute atomic E-state index is 11.7. The molecule has 1 unspecified atom stereocenters. The van der Waals surface area contributed by atoms with Gasteiger partial charge in [0.15, 0.2) is 16.1 Å². The maximum Gasteiger partial charge on any atom is 0.170 e. The predicted octanol–water partition coefficient (Wildman–Crippen LogP) is 0.199. The molecule has 0 spiro atoms. The van der Waals surface area contributed by atoms with Gasteiger partial charge in [-0.05, 0) is 12.8 Å². The molecule has 6 heteroatoms. The molecule has 0 amide bonds. The third-order valence-corrected chi connectivity index (χ3v) is 4.04. The highest BCUT2D eigenvalue weighted by Gasteiger charge is 2.26. The van der Waals surface area contributed by atoms with E-state index in [1.807, 2.05) is 0 Å². The quantitative estimate of drug-likeness (QED) is 0.619. The Morgan fingerprint density at radius 2 is 2.07 bits per heavy atom. The van der Waals surface area contributed by atoms with E-state index in [1.165, 1.54) is 14.2 Å². The molecule has 0 aromatic heterocycles. The van der Waals surface area contributed by atoms with Crippen LogP contribution in [0.4, 0.5) is 0 Å². The number of hydrogen-bond donors (Lipinski definition) is 0. The average Bonchev–Trinajstić information content (AvgIpc) is 2.66. The Hall–Kier alpha value is -0.170. The van der Waals surface area contributed by atoms with Gasteiger partial charge in [0.2, 0.25) is 0 Å². The molecule has 0 aromatic carbocycles. The minimum absolute atomic E-state index is 0.0657. The van der Waals surface area contributed by atoms with Crippen LogP contribution in [0.15, 0.2) is 0 Å². The van der Waals surface area contributed by atoms with Gasteiger partial charge in [0.1, 0.15) is 5.75 Å². The van der Waals surface area contributed by atoms with Crippen LogP contribution in [0.3, 0.4) is 0 Å². The fourth-order valence-electron chi connectivity index (χ4n) is 1.57. The lowest BCUT2D eigenvalue weighted by Gasteiger charge is -2.15. The van der Waals surface area contributed by atoms with Gasteiger partial charge in [0, 0.05) is 20.8 Å². The standard InChI is InChI=1S/C9H18O5S/c1-12-9(13-2)7-15(10,11)6-8-4-3-5-14-8/h8-9H,3-7H2,1-2H3. The second-order valence-electron chi connectivity index (χ2n) is 3.61. The van der Waals surface area contributed by atoms with Crippen molar-refractivity contribution in [1.82, 2.24) is 0 Å². The summed E-state index contributed by atoms with van der Waals surface area (Å²) < 4.78 is 38.3. The van der Waals surface area contributed by atoms with Crippen molar-refractivity contribution >= 4 is 9.84 Å². The lowest BCUT2D eigenvalue weighted by molar-refractivity contribution is -0.0852. The molecule has 1 rings (SSSR count). The molecule has 1 heterocycles. The Balaban J connectivity index is 2.43. The molecular weight excluding hydrogens is 220 g/mol. The number of rotatable bonds is 6. The van der Waals surface area contributed by atoms with Gasteiger partial charge in [-0.25, -0.2) is 8.42 Å². The van der Waals surface area contributed by atoms with Crippen LogP contribution in [0.2, 0.25) is 0 Å². The summed E-state index contributed by atoms with van der Waals surface area (Å²) in [6, 6.07) is 0. The van der Waals surface area contributed by atoms with Gasteiger partial charge in [-0.1, -0.05) is 0 Å². The topological polar surface area (TPSA) is 61.8 Å². The highest BCUT2D eigenvalue weighted by atomic mass is 32.2. The van der Waals surface area contributed by atoms with Crippen LogP contribution in [-0.4, -0.2) is 53.1 Å². The van der Waals surface area contributed by atoms with E-state index in [-0.39, 0.29) is 17.6 Å². The highest BCUT2D eigenvalue weighted by molar-refractivity contribution is 7.91. The minimum atomic E-state index is -3.16. The molecule has 1 fully saturated rings. The first-order chi connectivity index (χ1) is 7.07. The third kappa shape index (κ3) is 4.46. The van der Waals surface area contributed by atoms with Crippen molar-refractivity contribution in [2.24, 2.45) is 0 Å². The van der Waals surface area contributed by atoms with Crippen LogP contribution in [0.1, 0.15) is 12.8 Å². The second kappa shape index (κ2) is 5.79. The second-order valence-corrected chi connectivity index (χ2v) is 5.77. The van der Waals surface area contributed by atoms with E-state index in [0.29, 0.717) is 6.61 Å². The number of methoxy groups -OCH3 is 2. The van der Waals surface area contributed by atoms with Crippen LogP contribution in [0.25, 0.3) is 0 Å². The Morgan fingerprint density at radius 1 is 1.40 bits per heavy atom. The summed E-state index contributed by atoms with van der Waals surface area (Å²) in [5, 5.41) is 0. The molecule has 90 valence electrons. The van der Waals surface area contributed by atoms with E-state index < -0.39 is 16.1 Å². The van der Waals surface area contributed by atoms with Crippen LogP contribution >= 0.6 is 0 Å². The molecular formula is C9H18O5S. The van der Waals surface area contributed by atoms with E-state index in [0.717, 1.165) is 12.8 Å². The predicted molar refractivity (Wildman–Crippen MR) is 55.4 cm³/mol.